The van der Waals surface area contributed by atoms with Gasteiger partial charge in [-0.25, -0.2) is 10.2 Å². The Morgan fingerprint density at radius 1 is 1.02 bits per heavy atom. The zero-order valence-electron chi connectivity index (χ0n) is 26.2. The van der Waals surface area contributed by atoms with Crippen LogP contribution in [-0.2, 0) is 14.3 Å². The fourth-order valence-corrected chi connectivity index (χ4v) is 5.60. The molecule has 0 aliphatic carbocycles. The Labute approximate surface area is 298 Å². The van der Waals surface area contributed by atoms with Crippen LogP contribution in [0.1, 0.15) is 37.9 Å². The van der Waals surface area contributed by atoms with Crippen LogP contribution < -0.4 is 30.3 Å². The van der Waals surface area contributed by atoms with Crippen molar-refractivity contribution in [2.75, 3.05) is 19.8 Å². The van der Waals surface area contributed by atoms with Gasteiger partial charge in [-0.3, -0.25) is 25.0 Å². The quantitative estimate of drug-likeness (QED) is 0.0480. The van der Waals surface area contributed by atoms with Gasteiger partial charge in [-0.05, 0) is 85.4 Å². The number of nitrogens with zero attached hydrogens (tertiary/aromatic N) is 3. The lowest BCUT2D eigenvalue weighted by atomic mass is 9.95. The van der Waals surface area contributed by atoms with Gasteiger partial charge >= 0.3 is 11.7 Å². The smallest absolute Gasteiger partial charge is 0.338 e. The number of carbonyl (C=O) groups excluding carboxylic acids is 2. The van der Waals surface area contributed by atoms with Crippen molar-refractivity contribution in [3.63, 3.8) is 0 Å². The Hall–Kier alpha value is -5.37. The minimum atomic E-state index is -0.778. The molecule has 1 aliphatic rings. The molecule has 3 aromatic carbocycles. The van der Waals surface area contributed by atoms with E-state index in [1.807, 2.05) is 22.6 Å². The first-order valence-electron chi connectivity index (χ1n) is 14.5. The summed E-state index contributed by atoms with van der Waals surface area (Å²) in [6.45, 7) is 5.14. The van der Waals surface area contributed by atoms with Crippen molar-refractivity contribution in [3.05, 3.63) is 101 Å². The summed E-state index contributed by atoms with van der Waals surface area (Å²) >= 11 is 7.25. The molecule has 1 amide bonds. The molecule has 4 rings (SSSR count). The molecule has 0 radical (unpaired) electrons. The van der Waals surface area contributed by atoms with Gasteiger partial charge < -0.3 is 29.6 Å². The molecule has 1 atom stereocenters. The molecule has 49 heavy (non-hydrogen) atoms. The maximum absolute atomic E-state index is 12.8. The maximum atomic E-state index is 12.8. The van der Waals surface area contributed by atoms with Crippen molar-refractivity contribution < 1.29 is 38.4 Å². The number of benzene rings is 3. The van der Waals surface area contributed by atoms with Gasteiger partial charge in [0.05, 0.1) is 50.5 Å². The lowest BCUT2D eigenvalue weighted by Gasteiger charge is -2.30. The standard InChI is InChI=1S/C31H29IN6O10S/c1-4-45-25-13-18(12-21(32)29(25)48-24-11-10-19(37(41)42)14-22(24)38(43)44)15-33-36-26(39)16-47-23-9-7-6-8-20(23)28-27(30(40)46-5-2)17(3)34-31(49)35-28/h6-15,28H,4-5,16H2,1-3H3,(H,36,39)(H2,34,35,49)/t28-/m0/s1. The van der Waals surface area contributed by atoms with Crippen LogP contribution in [0, 0.1) is 23.8 Å². The summed E-state index contributed by atoms with van der Waals surface area (Å²) in [5.74, 6) is -0.629. The molecule has 0 spiro atoms. The molecule has 0 saturated heterocycles. The molecule has 0 unspecified atom stereocenters. The third-order valence-corrected chi connectivity index (χ3v) is 7.67. The minimum absolute atomic E-state index is 0.146. The van der Waals surface area contributed by atoms with Crippen molar-refractivity contribution in [2.24, 2.45) is 5.10 Å². The van der Waals surface area contributed by atoms with Crippen molar-refractivity contribution in [2.45, 2.75) is 26.8 Å². The summed E-state index contributed by atoms with van der Waals surface area (Å²) in [6, 6.07) is 12.4. The van der Waals surface area contributed by atoms with Crippen LogP contribution in [-0.4, -0.2) is 52.9 Å². The predicted octanol–water partition coefficient (Wildman–Crippen LogP) is 5.18. The van der Waals surface area contributed by atoms with E-state index in [9.17, 15) is 29.8 Å². The summed E-state index contributed by atoms with van der Waals surface area (Å²) in [6.07, 6.45) is 1.35. The van der Waals surface area contributed by atoms with E-state index in [0.29, 0.717) is 36.8 Å². The number of thiocarbonyl (C=S) groups is 1. The molecule has 3 aromatic rings. The number of nitrogens with one attached hydrogen (secondary N) is 3. The molecule has 0 aromatic heterocycles. The number of amides is 1. The van der Waals surface area contributed by atoms with E-state index in [0.717, 1.165) is 18.2 Å². The number of ether oxygens (including phenoxy) is 4. The molecule has 1 heterocycles. The Kier molecular flexibility index (Phi) is 12.4. The van der Waals surface area contributed by atoms with Crippen LogP contribution in [0.15, 0.2) is 71.0 Å². The SMILES string of the molecule is CCOC(=O)C1=C(C)NC(=S)N[C@H]1c1ccccc1OCC(=O)NN=Cc1cc(I)c(Oc2ccc([N+](=O)[O-])cc2[N+](=O)[O-])c(OCC)c1. The monoisotopic (exact) mass is 804 g/mol. The number of carbonyl (C=O) groups is 2. The number of rotatable bonds is 14. The fourth-order valence-electron chi connectivity index (χ4n) is 4.59. The number of nitro groups is 2. The van der Waals surface area contributed by atoms with Gasteiger partial charge in [0.2, 0.25) is 5.75 Å². The number of hydrogen-bond donors (Lipinski definition) is 3. The average Bonchev–Trinajstić information content (AvgIpc) is 3.05. The topological polar surface area (TPSA) is 206 Å². The number of esters is 1. The second-order valence-electron chi connectivity index (χ2n) is 9.94. The number of non-ortho nitro benzene ring substituents is 1. The summed E-state index contributed by atoms with van der Waals surface area (Å²) in [4.78, 5) is 46.6. The maximum Gasteiger partial charge on any atom is 0.338 e. The van der Waals surface area contributed by atoms with E-state index < -0.39 is 45.7 Å². The van der Waals surface area contributed by atoms with E-state index in [4.69, 9.17) is 31.2 Å². The van der Waals surface area contributed by atoms with Crippen LogP contribution in [0.3, 0.4) is 0 Å². The first kappa shape index (κ1) is 36.5. The summed E-state index contributed by atoms with van der Waals surface area (Å²) < 4.78 is 23.0. The van der Waals surface area contributed by atoms with E-state index in [1.54, 1.807) is 57.2 Å². The molecular formula is C31H29IN6O10S. The number of hydrogen-bond acceptors (Lipinski definition) is 12. The van der Waals surface area contributed by atoms with Gasteiger partial charge in [0.15, 0.2) is 23.2 Å². The molecular weight excluding hydrogens is 775 g/mol. The van der Waals surface area contributed by atoms with Gasteiger partial charge in [0.1, 0.15) is 5.75 Å². The number of para-hydroxylation sites is 1. The Morgan fingerprint density at radius 3 is 2.47 bits per heavy atom. The average molecular weight is 805 g/mol. The Balaban J connectivity index is 1.47. The van der Waals surface area contributed by atoms with Gasteiger partial charge in [0.25, 0.3) is 11.6 Å². The molecule has 256 valence electrons. The highest BCUT2D eigenvalue weighted by Crippen LogP contribution is 2.41. The number of allylic oxidation sites excluding steroid dienone is 1. The normalized spacial score (nSPS) is 14.0. The molecule has 16 nitrogen and oxygen atoms in total. The number of halogens is 1. The highest BCUT2D eigenvalue weighted by Gasteiger charge is 2.33. The second kappa shape index (κ2) is 16.6. The molecule has 18 heteroatoms. The van der Waals surface area contributed by atoms with Crippen LogP contribution in [0.2, 0.25) is 0 Å². The van der Waals surface area contributed by atoms with E-state index in [1.165, 1.54) is 6.21 Å². The number of hydrazone groups is 1. The molecule has 3 N–H and O–H groups in total. The predicted molar refractivity (Wildman–Crippen MR) is 189 cm³/mol. The lowest BCUT2D eigenvalue weighted by Crippen LogP contribution is -2.45. The molecule has 0 saturated carbocycles. The first-order chi connectivity index (χ1) is 23.4. The minimum Gasteiger partial charge on any atom is -0.490 e. The van der Waals surface area contributed by atoms with Gasteiger partial charge in [0, 0.05) is 17.3 Å². The van der Waals surface area contributed by atoms with Crippen LogP contribution in [0.4, 0.5) is 11.4 Å². The van der Waals surface area contributed by atoms with Crippen molar-refractivity contribution in [3.8, 4) is 23.0 Å². The lowest BCUT2D eigenvalue weighted by molar-refractivity contribution is -0.394. The van der Waals surface area contributed by atoms with Crippen LogP contribution >= 0.6 is 34.8 Å². The third-order valence-electron chi connectivity index (χ3n) is 6.65. The molecule has 1 aliphatic heterocycles. The van der Waals surface area contributed by atoms with Crippen LogP contribution in [0.5, 0.6) is 23.0 Å². The fraction of sp³-hybridized carbons (Fsp3) is 0.226. The zero-order chi connectivity index (χ0) is 35.7. The largest absolute Gasteiger partial charge is 0.490 e. The Morgan fingerprint density at radius 2 is 1.78 bits per heavy atom. The van der Waals surface area contributed by atoms with Crippen molar-refractivity contribution >= 4 is 69.4 Å². The highest BCUT2D eigenvalue weighted by atomic mass is 127. The number of nitro benzene ring substituents is 2. The summed E-state index contributed by atoms with van der Waals surface area (Å²) in [5, 5.41) is 33.0. The first-order valence-corrected chi connectivity index (χ1v) is 16.0. The molecule has 0 fully saturated rings. The van der Waals surface area contributed by atoms with Gasteiger partial charge in [-0.2, -0.15) is 5.10 Å². The zero-order valence-corrected chi connectivity index (χ0v) is 29.2. The van der Waals surface area contributed by atoms with Crippen LogP contribution in [0.25, 0.3) is 0 Å². The van der Waals surface area contributed by atoms with E-state index >= 15 is 0 Å². The van der Waals surface area contributed by atoms with E-state index in [-0.39, 0.29) is 30.5 Å². The highest BCUT2D eigenvalue weighted by molar-refractivity contribution is 14.1. The second-order valence-corrected chi connectivity index (χ2v) is 11.5. The molecule has 0 bridgehead atoms. The van der Waals surface area contributed by atoms with E-state index in [2.05, 4.69) is 21.2 Å². The van der Waals surface area contributed by atoms with Gasteiger partial charge in [-0.1, -0.05) is 18.2 Å². The third kappa shape index (κ3) is 9.16. The summed E-state index contributed by atoms with van der Waals surface area (Å²) in [7, 11) is 0. The van der Waals surface area contributed by atoms with Crippen molar-refractivity contribution in [1.82, 2.24) is 16.1 Å². The van der Waals surface area contributed by atoms with Crippen molar-refractivity contribution in [1.29, 1.82) is 0 Å². The summed E-state index contributed by atoms with van der Waals surface area (Å²) in [5.41, 5.74) is 3.25. The van der Waals surface area contributed by atoms with Gasteiger partial charge in [-0.15, -0.1) is 0 Å². The Bertz CT molecular complexity index is 1870.